The van der Waals surface area contributed by atoms with E-state index in [0.717, 1.165) is 67.5 Å². The highest BCUT2D eigenvalue weighted by atomic mass is 35.5. The Bertz CT molecular complexity index is 1400. The van der Waals surface area contributed by atoms with Crippen molar-refractivity contribution in [2.24, 2.45) is 5.73 Å². The van der Waals surface area contributed by atoms with Crippen LogP contribution in [-0.2, 0) is 4.74 Å². The van der Waals surface area contributed by atoms with Gasteiger partial charge in [0.15, 0.2) is 6.23 Å². The summed E-state index contributed by atoms with van der Waals surface area (Å²) in [7, 11) is 0. The van der Waals surface area contributed by atoms with Gasteiger partial charge >= 0.3 is 0 Å². The molecule has 3 aromatic heterocycles. The van der Waals surface area contributed by atoms with Crippen molar-refractivity contribution in [2.75, 3.05) is 44.3 Å². The molecule has 0 amide bonds. The van der Waals surface area contributed by atoms with Crippen LogP contribution in [-0.4, -0.2) is 75.0 Å². The molecule has 10 nitrogen and oxygen atoms in total. The standard InChI is InChI=1S/C25H26Cl2N8O2/c1-25(35-4-6-36-7-5-35)13-34(14-25)24-30-9-15(10-31-24)22-17-8-16(2-3-20(17)32-33-22)37-23(28)21-18(26)11-29-12-19(21)27/h2-3,8-12,23H,4-7,13-14,28H2,1H3,(H,32,33)/t23-/m0/s1. The third-order valence-electron chi connectivity index (χ3n) is 7.00. The van der Waals surface area contributed by atoms with Crippen molar-refractivity contribution in [1.82, 2.24) is 30.0 Å². The molecule has 2 aliphatic rings. The molecule has 1 atom stereocenters. The van der Waals surface area contributed by atoms with Crippen LogP contribution in [0.1, 0.15) is 18.7 Å². The monoisotopic (exact) mass is 540 g/mol. The van der Waals surface area contributed by atoms with Crippen molar-refractivity contribution in [3.63, 3.8) is 0 Å². The molecular weight excluding hydrogens is 515 g/mol. The van der Waals surface area contributed by atoms with E-state index in [0.29, 0.717) is 21.4 Å². The van der Waals surface area contributed by atoms with Gasteiger partial charge in [0.1, 0.15) is 11.4 Å². The van der Waals surface area contributed by atoms with Gasteiger partial charge in [0.2, 0.25) is 5.95 Å². The average molecular weight is 541 g/mol. The minimum Gasteiger partial charge on any atom is -0.471 e. The molecule has 2 fully saturated rings. The van der Waals surface area contributed by atoms with Gasteiger partial charge in [-0.1, -0.05) is 23.2 Å². The highest BCUT2D eigenvalue weighted by Gasteiger charge is 2.44. The molecule has 0 aliphatic carbocycles. The number of aromatic nitrogens is 5. The van der Waals surface area contributed by atoms with Crippen LogP contribution in [0.25, 0.3) is 22.2 Å². The molecule has 0 spiro atoms. The molecule has 5 heterocycles. The summed E-state index contributed by atoms with van der Waals surface area (Å²) in [5.74, 6) is 1.27. The van der Waals surface area contributed by atoms with Crippen molar-refractivity contribution in [3.05, 3.63) is 58.6 Å². The zero-order valence-corrected chi connectivity index (χ0v) is 21.7. The summed E-state index contributed by atoms with van der Waals surface area (Å²) < 4.78 is 11.5. The summed E-state index contributed by atoms with van der Waals surface area (Å²) in [6.45, 7) is 7.60. The second-order valence-electron chi connectivity index (χ2n) is 9.56. The number of nitrogens with two attached hydrogens (primary N) is 1. The fraction of sp³-hybridized carbons (Fsp3) is 0.360. The van der Waals surface area contributed by atoms with Crippen LogP contribution in [0.2, 0.25) is 10.0 Å². The lowest BCUT2D eigenvalue weighted by Gasteiger charge is -2.54. The summed E-state index contributed by atoms with van der Waals surface area (Å²) in [6, 6.07) is 5.56. The van der Waals surface area contributed by atoms with Gasteiger partial charge in [-0.05, 0) is 25.1 Å². The van der Waals surface area contributed by atoms with Gasteiger partial charge in [0, 0.05) is 67.5 Å². The maximum atomic E-state index is 6.25. The number of benzene rings is 1. The van der Waals surface area contributed by atoms with E-state index in [4.69, 9.17) is 38.4 Å². The van der Waals surface area contributed by atoms with Gasteiger partial charge < -0.3 is 14.4 Å². The van der Waals surface area contributed by atoms with Gasteiger partial charge in [-0.2, -0.15) is 5.10 Å². The van der Waals surface area contributed by atoms with Crippen LogP contribution in [0, 0.1) is 0 Å². The van der Waals surface area contributed by atoms with E-state index in [1.165, 1.54) is 12.4 Å². The highest BCUT2D eigenvalue weighted by molar-refractivity contribution is 6.35. The number of nitrogens with one attached hydrogen (secondary N) is 1. The summed E-state index contributed by atoms with van der Waals surface area (Å²) in [5, 5.41) is 9.09. The van der Waals surface area contributed by atoms with Gasteiger partial charge in [0.25, 0.3) is 0 Å². The molecule has 12 heteroatoms. The predicted molar refractivity (Wildman–Crippen MR) is 142 cm³/mol. The number of pyridine rings is 1. The van der Waals surface area contributed by atoms with Gasteiger partial charge in [-0.25, -0.2) is 9.97 Å². The van der Waals surface area contributed by atoms with Crippen molar-refractivity contribution >= 4 is 40.1 Å². The Labute approximate surface area is 223 Å². The average Bonchev–Trinajstić information content (AvgIpc) is 3.31. The maximum Gasteiger partial charge on any atom is 0.225 e. The number of nitrogens with zero attached hydrogens (tertiary/aromatic N) is 6. The molecule has 3 N–H and O–H groups in total. The van der Waals surface area contributed by atoms with Crippen molar-refractivity contribution < 1.29 is 9.47 Å². The fourth-order valence-electron chi connectivity index (χ4n) is 5.01. The topological polar surface area (TPSA) is 118 Å². The Balaban J connectivity index is 1.19. The second-order valence-corrected chi connectivity index (χ2v) is 10.4. The number of halogens is 2. The quantitative estimate of drug-likeness (QED) is 0.353. The molecule has 1 aromatic carbocycles. The lowest BCUT2D eigenvalue weighted by atomic mass is 9.90. The Morgan fingerprint density at radius 1 is 1.08 bits per heavy atom. The van der Waals surface area contributed by atoms with Crippen LogP contribution in [0.5, 0.6) is 5.75 Å². The fourth-order valence-corrected chi connectivity index (χ4v) is 5.59. The normalized spacial score (nSPS) is 18.5. The Morgan fingerprint density at radius 2 is 1.78 bits per heavy atom. The van der Waals surface area contributed by atoms with Crippen molar-refractivity contribution in [2.45, 2.75) is 18.7 Å². The van der Waals surface area contributed by atoms with E-state index in [9.17, 15) is 0 Å². The number of hydrogen-bond acceptors (Lipinski definition) is 9. The molecule has 0 bridgehead atoms. The zero-order chi connectivity index (χ0) is 25.6. The molecule has 2 aliphatic heterocycles. The lowest BCUT2D eigenvalue weighted by molar-refractivity contribution is -0.0268. The van der Waals surface area contributed by atoms with Crippen LogP contribution in [0.15, 0.2) is 43.0 Å². The van der Waals surface area contributed by atoms with Crippen molar-refractivity contribution in [3.8, 4) is 17.0 Å². The molecule has 0 unspecified atom stereocenters. The van der Waals surface area contributed by atoms with Gasteiger partial charge in [-0.15, -0.1) is 0 Å². The Hall–Kier alpha value is -3.02. The number of aromatic amines is 1. The largest absolute Gasteiger partial charge is 0.471 e. The van der Waals surface area contributed by atoms with Crippen LogP contribution in [0.4, 0.5) is 5.95 Å². The number of anilines is 1. The summed E-state index contributed by atoms with van der Waals surface area (Å²) in [6.07, 6.45) is 5.71. The first kappa shape index (κ1) is 24.3. The second kappa shape index (κ2) is 9.70. The molecule has 6 rings (SSSR count). The van der Waals surface area contributed by atoms with Crippen LogP contribution < -0.4 is 15.4 Å². The van der Waals surface area contributed by atoms with E-state index < -0.39 is 6.23 Å². The molecule has 37 heavy (non-hydrogen) atoms. The summed E-state index contributed by atoms with van der Waals surface area (Å²) in [5.41, 5.74) is 9.23. The Morgan fingerprint density at radius 3 is 2.49 bits per heavy atom. The molecule has 0 saturated carbocycles. The lowest BCUT2D eigenvalue weighted by Crippen LogP contribution is -2.70. The van der Waals surface area contributed by atoms with Crippen molar-refractivity contribution in [1.29, 1.82) is 0 Å². The maximum absolute atomic E-state index is 6.25. The first-order valence-electron chi connectivity index (χ1n) is 12.0. The smallest absolute Gasteiger partial charge is 0.225 e. The molecular formula is C25H26Cl2N8O2. The zero-order valence-electron chi connectivity index (χ0n) is 20.2. The number of hydrogen-bond donors (Lipinski definition) is 2. The number of ether oxygens (including phenoxy) is 2. The third kappa shape index (κ3) is 4.60. The third-order valence-corrected chi connectivity index (χ3v) is 7.61. The summed E-state index contributed by atoms with van der Waals surface area (Å²) >= 11 is 12.5. The SMILES string of the molecule is CC1(N2CCOCC2)CN(c2ncc(-c3n[nH]c4ccc(O[C@H](N)c5c(Cl)cncc5Cl)cc34)cn2)C1. The van der Waals surface area contributed by atoms with E-state index in [2.05, 4.69) is 41.9 Å². The number of morpholine rings is 1. The Kier molecular flexibility index (Phi) is 6.37. The molecule has 192 valence electrons. The molecule has 4 aromatic rings. The van der Waals surface area contributed by atoms with E-state index >= 15 is 0 Å². The minimum absolute atomic E-state index is 0.131. The first-order valence-corrected chi connectivity index (χ1v) is 12.8. The summed E-state index contributed by atoms with van der Waals surface area (Å²) in [4.78, 5) is 17.9. The van der Waals surface area contributed by atoms with Crippen LogP contribution >= 0.6 is 23.2 Å². The molecule has 0 radical (unpaired) electrons. The number of rotatable bonds is 6. The minimum atomic E-state index is -0.863. The van der Waals surface area contributed by atoms with E-state index in [1.54, 1.807) is 12.4 Å². The highest BCUT2D eigenvalue weighted by Crippen LogP contribution is 2.34. The van der Waals surface area contributed by atoms with Gasteiger partial charge in [-0.3, -0.25) is 20.7 Å². The first-order chi connectivity index (χ1) is 17.9. The van der Waals surface area contributed by atoms with E-state index in [-0.39, 0.29) is 5.54 Å². The number of fused-ring (bicyclic) bond motifs is 1. The van der Waals surface area contributed by atoms with Gasteiger partial charge in [0.05, 0.1) is 34.3 Å². The number of H-pyrrole nitrogens is 1. The van der Waals surface area contributed by atoms with Crippen LogP contribution in [0.3, 0.4) is 0 Å². The predicted octanol–water partition coefficient (Wildman–Crippen LogP) is 3.67. The van der Waals surface area contributed by atoms with E-state index in [1.807, 2.05) is 18.2 Å². The molecule has 2 saturated heterocycles.